The van der Waals surface area contributed by atoms with E-state index in [1.54, 1.807) is 18.7 Å². The highest BCUT2D eigenvalue weighted by molar-refractivity contribution is 5.98. The van der Waals surface area contributed by atoms with Crippen LogP contribution in [0.25, 0.3) is 10.9 Å². The Hall–Kier alpha value is -4.01. The summed E-state index contributed by atoms with van der Waals surface area (Å²) < 4.78 is 14.4. The minimum atomic E-state index is -0.781. The number of primary amides is 1. The summed E-state index contributed by atoms with van der Waals surface area (Å²) in [7, 11) is 0. The topological polar surface area (TPSA) is 122 Å². The lowest BCUT2D eigenvalue weighted by Gasteiger charge is -2.13. The van der Waals surface area contributed by atoms with Crippen LogP contribution in [0.2, 0.25) is 0 Å². The molecule has 0 atom stereocenters. The molecule has 5 N–H and O–H groups in total. The molecule has 1 aromatic carbocycles. The third-order valence-electron chi connectivity index (χ3n) is 4.34. The Morgan fingerprint density at radius 2 is 2.03 bits per heavy atom. The highest BCUT2D eigenvalue weighted by Crippen LogP contribution is 2.25. The molecule has 4 aromatic rings. The van der Waals surface area contributed by atoms with E-state index in [1.165, 1.54) is 0 Å². The van der Waals surface area contributed by atoms with Gasteiger partial charge in [0.2, 0.25) is 0 Å². The van der Waals surface area contributed by atoms with Gasteiger partial charge in [-0.25, -0.2) is 14.4 Å². The number of pyridine rings is 2. The lowest BCUT2D eigenvalue weighted by molar-refractivity contribution is 0.100. The quantitative estimate of drug-likeness (QED) is 0.384. The maximum absolute atomic E-state index is 14.4. The van der Waals surface area contributed by atoms with E-state index in [4.69, 9.17) is 5.73 Å². The van der Waals surface area contributed by atoms with E-state index in [0.29, 0.717) is 18.7 Å². The number of anilines is 3. The van der Waals surface area contributed by atoms with Crippen LogP contribution in [0, 0.1) is 5.82 Å². The molecule has 0 saturated heterocycles. The van der Waals surface area contributed by atoms with Crippen LogP contribution in [-0.4, -0.2) is 32.4 Å². The number of benzene rings is 1. The van der Waals surface area contributed by atoms with Crippen LogP contribution in [0.4, 0.5) is 21.7 Å². The van der Waals surface area contributed by atoms with Crippen LogP contribution in [0.3, 0.4) is 0 Å². The number of nitrogens with zero attached hydrogens (tertiary/aromatic N) is 3. The SMILES string of the molecule is NC(=O)c1cc(F)c(NCCc2cnc[nH]2)nc1Nc1cnc2ccccc2c1. The molecule has 3 heterocycles. The Morgan fingerprint density at radius 3 is 2.83 bits per heavy atom. The Morgan fingerprint density at radius 1 is 1.17 bits per heavy atom. The first-order valence-corrected chi connectivity index (χ1v) is 8.93. The number of hydrogen-bond donors (Lipinski definition) is 4. The number of carbonyl (C=O) groups is 1. The number of imidazole rings is 1. The molecule has 1 amide bonds. The summed E-state index contributed by atoms with van der Waals surface area (Å²) in [5.41, 5.74) is 7.71. The molecule has 3 aromatic heterocycles. The van der Waals surface area contributed by atoms with Crippen molar-refractivity contribution in [2.75, 3.05) is 17.2 Å². The van der Waals surface area contributed by atoms with Crippen LogP contribution in [-0.2, 0) is 6.42 Å². The molecule has 8 nitrogen and oxygen atoms in total. The average Bonchev–Trinajstić information content (AvgIpc) is 3.23. The zero-order valence-corrected chi connectivity index (χ0v) is 15.3. The van der Waals surface area contributed by atoms with E-state index in [1.807, 2.05) is 30.3 Å². The van der Waals surface area contributed by atoms with Crippen molar-refractivity contribution in [1.82, 2.24) is 19.9 Å². The first-order valence-electron chi connectivity index (χ1n) is 8.93. The average molecular weight is 391 g/mol. The number of aromatic nitrogens is 4. The number of halogens is 1. The first kappa shape index (κ1) is 18.4. The fourth-order valence-corrected chi connectivity index (χ4v) is 2.91. The van der Waals surface area contributed by atoms with Crippen molar-refractivity contribution >= 4 is 34.1 Å². The Balaban J connectivity index is 1.60. The van der Waals surface area contributed by atoms with Crippen LogP contribution < -0.4 is 16.4 Å². The van der Waals surface area contributed by atoms with Crippen LogP contribution in [0.5, 0.6) is 0 Å². The molecule has 146 valence electrons. The number of para-hydroxylation sites is 1. The van der Waals surface area contributed by atoms with Crippen molar-refractivity contribution in [3.05, 3.63) is 72.2 Å². The predicted octanol–water partition coefficient (Wildman–Crippen LogP) is 2.99. The largest absolute Gasteiger partial charge is 0.367 e. The van der Waals surface area contributed by atoms with Gasteiger partial charge < -0.3 is 21.4 Å². The number of rotatable bonds is 7. The number of nitrogens with two attached hydrogens (primary N) is 1. The molecule has 0 bridgehead atoms. The number of H-pyrrole nitrogens is 1. The third kappa shape index (κ3) is 4.13. The van der Waals surface area contributed by atoms with Gasteiger partial charge in [-0.3, -0.25) is 9.78 Å². The summed E-state index contributed by atoms with van der Waals surface area (Å²) in [6.45, 7) is 0.430. The highest BCUT2D eigenvalue weighted by atomic mass is 19.1. The van der Waals surface area contributed by atoms with Gasteiger partial charge in [-0.2, -0.15) is 0 Å². The fourth-order valence-electron chi connectivity index (χ4n) is 2.91. The van der Waals surface area contributed by atoms with Gasteiger partial charge in [0, 0.05) is 30.2 Å². The molecule has 9 heteroatoms. The zero-order chi connectivity index (χ0) is 20.2. The number of aromatic amines is 1. The first-order chi connectivity index (χ1) is 14.1. The van der Waals surface area contributed by atoms with Gasteiger partial charge in [-0.1, -0.05) is 18.2 Å². The molecule has 0 saturated carbocycles. The maximum Gasteiger partial charge on any atom is 0.252 e. The normalized spacial score (nSPS) is 10.8. The van der Waals surface area contributed by atoms with Gasteiger partial charge in [0.1, 0.15) is 5.82 Å². The van der Waals surface area contributed by atoms with Crippen molar-refractivity contribution < 1.29 is 9.18 Å². The molecule has 0 fully saturated rings. The van der Waals surface area contributed by atoms with E-state index < -0.39 is 11.7 Å². The summed E-state index contributed by atoms with van der Waals surface area (Å²) in [6.07, 6.45) is 5.50. The Labute approximate surface area is 165 Å². The van der Waals surface area contributed by atoms with Crippen molar-refractivity contribution in [3.8, 4) is 0 Å². The lowest BCUT2D eigenvalue weighted by Crippen LogP contribution is -2.17. The minimum absolute atomic E-state index is 0.0192. The fraction of sp³-hybridized carbons (Fsp3) is 0.100. The summed E-state index contributed by atoms with van der Waals surface area (Å²) in [6, 6.07) is 10.6. The molecular formula is C20H18FN7O. The zero-order valence-electron chi connectivity index (χ0n) is 15.3. The van der Waals surface area contributed by atoms with Gasteiger partial charge in [-0.15, -0.1) is 0 Å². The van der Waals surface area contributed by atoms with E-state index in [-0.39, 0.29) is 17.2 Å². The van der Waals surface area contributed by atoms with Gasteiger partial charge in [0.25, 0.3) is 5.91 Å². The number of carbonyl (C=O) groups excluding carboxylic acids is 1. The van der Waals surface area contributed by atoms with Gasteiger partial charge in [-0.05, 0) is 18.2 Å². The number of fused-ring (bicyclic) bond motifs is 1. The van der Waals surface area contributed by atoms with Crippen molar-refractivity contribution in [2.24, 2.45) is 5.73 Å². The van der Waals surface area contributed by atoms with Crippen molar-refractivity contribution in [3.63, 3.8) is 0 Å². The van der Waals surface area contributed by atoms with Crippen molar-refractivity contribution in [2.45, 2.75) is 6.42 Å². The molecule has 0 aliphatic rings. The summed E-state index contributed by atoms with van der Waals surface area (Å²) in [5, 5.41) is 6.87. The standard InChI is InChI=1S/C20H18FN7O/c21-16-8-15(18(22)29)19(28-20(16)24-6-5-13-9-23-11-26-13)27-14-7-12-3-1-2-4-17(12)25-10-14/h1-4,7-11H,5-6H2,(H2,22,29)(H,23,26)(H2,24,27,28). The molecule has 0 unspecified atom stereocenters. The van der Waals surface area contributed by atoms with E-state index in [2.05, 4.69) is 30.6 Å². The second-order valence-corrected chi connectivity index (χ2v) is 6.37. The molecule has 0 aliphatic carbocycles. The van der Waals surface area contributed by atoms with Gasteiger partial charge >= 0.3 is 0 Å². The third-order valence-corrected chi connectivity index (χ3v) is 4.34. The number of amides is 1. The summed E-state index contributed by atoms with van der Waals surface area (Å²) in [5.74, 6) is -1.27. The van der Waals surface area contributed by atoms with Crippen LogP contribution >= 0.6 is 0 Å². The smallest absolute Gasteiger partial charge is 0.252 e. The van der Waals surface area contributed by atoms with Crippen LogP contribution in [0.15, 0.2) is 55.1 Å². The Kier molecular flexibility index (Phi) is 5.02. The van der Waals surface area contributed by atoms with E-state index >= 15 is 0 Å². The second kappa shape index (κ2) is 7.93. The maximum atomic E-state index is 14.4. The predicted molar refractivity (Wildman–Crippen MR) is 109 cm³/mol. The highest BCUT2D eigenvalue weighted by Gasteiger charge is 2.16. The van der Waals surface area contributed by atoms with Crippen molar-refractivity contribution in [1.29, 1.82) is 0 Å². The molecular weight excluding hydrogens is 373 g/mol. The lowest BCUT2D eigenvalue weighted by atomic mass is 10.2. The van der Waals surface area contributed by atoms with Gasteiger partial charge in [0.05, 0.1) is 29.3 Å². The van der Waals surface area contributed by atoms with E-state index in [9.17, 15) is 9.18 Å². The molecule has 29 heavy (non-hydrogen) atoms. The summed E-state index contributed by atoms with van der Waals surface area (Å²) >= 11 is 0. The monoisotopic (exact) mass is 391 g/mol. The second-order valence-electron chi connectivity index (χ2n) is 6.37. The molecule has 0 spiro atoms. The van der Waals surface area contributed by atoms with Gasteiger partial charge in [0.15, 0.2) is 11.6 Å². The summed E-state index contributed by atoms with van der Waals surface area (Å²) in [4.78, 5) is 27.3. The minimum Gasteiger partial charge on any atom is -0.367 e. The molecule has 0 aliphatic heterocycles. The molecule has 0 radical (unpaired) electrons. The molecule has 4 rings (SSSR count). The Bertz CT molecular complexity index is 1160. The van der Waals surface area contributed by atoms with E-state index in [0.717, 1.165) is 22.7 Å². The van der Waals surface area contributed by atoms with Crippen LogP contribution in [0.1, 0.15) is 16.1 Å². The number of hydrogen-bond acceptors (Lipinski definition) is 6. The number of nitrogens with one attached hydrogen (secondary N) is 3.